The van der Waals surface area contributed by atoms with Gasteiger partial charge >= 0.3 is 12.1 Å². The van der Waals surface area contributed by atoms with E-state index >= 15 is 0 Å². The second-order valence-electron chi connectivity index (χ2n) is 6.10. The first-order chi connectivity index (χ1) is 13.1. The van der Waals surface area contributed by atoms with Gasteiger partial charge in [0.2, 0.25) is 0 Å². The van der Waals surface area contributed by atoms with Crippen molar-refractivity contribution in [2.24, 2.45) is 0 Å². The summed E-state index contributed by atoms with van der Waals surface area (Å²) in [7, 11) is 0. The summed E-state index contributed by atoms with van der Waals surface area (Å²) in [6.45, 7) is 3.35. The van der Waals surface area contributed by atoms with Gasteiger partial charge in [0.1, 0.15) is 5.82 Å². The zero-order valence-corrected chi connectivity index (χ0v) is 16.4. The Bertz CT molecular complexity index is 1060. The first-order valence-electron chi connectivity index (χ1n) is 8.13. The number of anilines is 2. The van der Waals surface area contributed by atoms with Gasteiger partial charge in [-0.05, 0) is 53.5 Å². The van der Waals surface area contributed by atoms with Crippen molar-refractivity contribution >= 4 is 33.4 Å². The van der Waals surface area contributed by atoms with Gasteiger partial charge in [0.25, 0.3) is 0 Å². The summed E-state index contributed by atoms with van der Waals surface area (Å²) in [5, 5.41) is 16.6. The number of hydrogen-bond donors (Lipinski definition) is 2. The third-order valence-electron chi connectivity index (χ3n) is 4.17. The lowest BCUT2D eigenvalue weighted by molar-refractivity contribution is -0.137. The van der Waals surface area contributed by atoms with Gasteiger partial charge in [0.05, 0.1) is 32.7 Å². The number of carbonyl (C=O) groups is 1. The van der Waals surface area contributed by atoms with E-state index < -0.39 is 17.7 Å². The van der Waals surface area contributed by atoms with Crippen LogP contribution in [0.3, 0.4) is 0 Å². The number of aromatic carboxylic acids is 1. The third kappa shape index (κ3) is 3.62. The zero-order valence-electron chi connectivity index (χ0n) is 14.8. The molecule has 0 atom stereocenters. The predicted molar refractivity (Wildman–Crippen MR) is 102 cm³/mol. The number of carboxylic acids is 1. The molecule has 3 rings (SSSR count). The van der Waals surface area contributed by atoms with Crippen molar-refractivity contribution in [3.8, 4) is 5.69 Å². The van der Waals surface area contributed by atoms with E-state index in [1.54, 1.807) is 26.0 Å². The van der Waals surface area contributed by atoms with Crippen LogP contribution in [0.2, 0.25) is 0 Å². The van der Waals surface area contributed by atoms with Crippen molar-refractivity contribution in [1.29, 1.82) is 0 Å². The fraction of sp³-hybridized carbons (Fsp3) is 0.158. The van der Waals surface area contributed by atoms with Crippen LogP contribution in [-0.2, 0) is 6.18 Å². The highest BCUT2D eigenvalue weighted by Crippen LogP contribution is 2.38. The Hall–Kier alpha value is -2.81. The third-order valence-corrected chi connectivity index (χ3v) is 5.12. The maximum Gasteiger partial charge on any atom is 0.418 e. The molecule has 28 heavy (non-hydrogen) atoms. The Labute approximate surface area is 166 Å². The second kappa shape index (κ2) is 7.31. The highest BCUT2D eigenvalue weighted by Gasteiger charge is 2.35. The number of nitrogens with one attached hydrogen (secondary N) is 1. The fourth-order valence-electron chi connectivity index (χ4n) is 2.82. The number of aromatic nitrogens is 2. The molecule has 146 valence electrons. The lowest BCUT2D eigenvalue weighted by Gasteiger charge is -2.17. The van der Waals surface area contributed by atoms with Gasteiger partial charge < -0.3 is 10.4 Å². The molecule has 1 heterocycles. The van der Waals surface area contributed by atoms with Crippen molar-refractivity contribution < 1.29 is 23.1 Å². The number of aryl methyl sites for hydroxylation is 2. The summed E-state index contributed by atoms with van der Waals surface area (Å²) in [6, 6.07) is 9.79. The number of rotatable bonds is 4. The summed E-state index contributed by atoms with van der Waals surface area (Å²) in [5.74, 6) is -0.952. The molecular formula is C19H15BrF3N3O2. The normalized spacial score (nSPS) is 11.5. The predicted octanol–water partition coefficient (Wildman–Crippen LogP) is 5.71. The number of para-hydroxylation sites is 2. The maximum absolute atomic E-state index is 13.5. The van der Waals surface area contributed by atoms with Crippen LogP contribution in [0.15, 0.2) is 46.9 Å². The molecule has 5 nitrogen and oxygen atoms in total. The number of hydrogen-bond acceptors (Lipinski definition) is 3. The number of halogens is 4. The Morgan fingerprint density at radius 1 is 1.14 bits per heavy atom. The lowest BCUT2D eigenvalue weighted by Crippen LogP contribution is -2.13. The summed E-state index contributed by atoms with van der Waals surface area (Å²) in [5.41, 5.74) is 0.335. The van der Waals surface area contributed by atoms with Gasteiger partial charge in [0, 0.05) is 0 Å². The van der Waals surface area contributed by atoms with Gasteiger partial charge in [0.15, 0.2) is 0 Å². The number of carboxylic acid groups (broad SMARTS) is 1. The Morgan fingerprint density at radius 2 is 1.82 bits per heavy atom. The molecule has 0 saturated heterocycles. The van der Waals surface area contributed by atoms with E-state index in [0.717, 1.165) is 10.7 Å². The van der Waals surface area contributed by atoms with Gasteiger partial charge in [-0.2, -0.15) is 18.3 Å². The van der Waals surface area contributed by atoms with E-state index in [2.05, 4.69) is 26.3 Å². The van der Waals surface area contributed by atoms with Crippen LogP contribution in [0, 0.1) is 13.8 Å². The Morgan fingerprint density at radius 3 is 2.46 bits per heavy atom. The van der Waals surface area contributed by atoms with Crippen LogP contribution < -0.4 is 5.32 Å². The van der Waals surface area contributed by atoms with Gasteiger partial charge in [-0.1, -0.05) is 24.3 Å². The largest absolute Gasteiger partial charge is 0.478 e. The molecule has 0 bridgehead atoms. The molecular weight excluding hydrogens is 439 g/mol. The number of benzene rings is 2. The highest BCUT2D eigenvalue weighted by atomic mass is 79.9. The molecule has 0 amide bonds. The quantitative estimate of drug-likeness (QED) is 0.530. The monoisotopic (exact) mass is 453 g/mol. The van der Waals surface area contributed by atoms with E-state index in [4.69, 9.17) is 0 Å². The first kappa shape index (κ1) is 19.9. The van der Waals surface area contributed by atoms with Crippen LogP contribution in [-0.4, -0.2) is 20.9 Å². The van der Waals surface area contributed by atoms with Crippen molar-refractivity contribution in [2.75, 3.05) is 5.32 Å². The Balaban J connectivity index is 2.22. The van der Waals surface area contributed by atoms with Crippen molar-refractivity contribution in [3.05, 3.63) is 69.3 Å². The lowest BCUT2D eigenvalue weighted by atomic mass is 10.1. The first-order valence-corrected chi connectivity index (χ1v) is 8.92. The van der Waals surface area contributed by atoms with Crippen LogP contribution in [0.5, 0.6) is 0 Å². The summed E-state index contributed by atoms with van der Waals surface area (Å²) in [4.78, 5) is 11.6. The topological polar surface area (TPSA) is 67.2 Å². The summed E-state index contributed by atoms with van der Waals surface area (Å²) >= 11 is 3.34. The smallest absolute Gasteiger partial charge is 0.418 e. The molecule has 0 fully saturated rings. The molecule has 0 aliphatic heterocycles. The molecule has 9 heteroatoms. The molecule has 2 aromatic carbocycles. The molecule has 2 N–H and O–H groups in total. The van der Waals surface area contributed by atoms with Gasteiger partial charge in [-0.25, -0.2) is 9.48 Å². The molecule has 0 aliphatic rings. The SMILES string of the molecule is Cc1cccc(C(=O)O)c1Nc1c(Br)c(C)nn1-c1ccccc1C(F)(F)F. The molecule has 1 aromatic heterocycles. The maximum atomic E-state index is 13.5. The van der Waals surface area contributed by atoms with Crippen LogP contribution in [0.25, 0.3) is 5.69 Å². The zero-order chi connectivity index (χ0) is 20.6. The summed E-state index contributed by atoms with van der Waals surface area (Å²) < 4.78 is 42.0. The summed E-state index contributed by atoms with van der Waals surface area (Å²) in [6.07, 6.45) is -4.57. The minimum absolute atomic E-state index is 0.00131. The number of alkyl halides is 3. The standard InChI is InChI=1S/C19H15BrF3N3O2/c1-10-6-5-7-12(18(27)28)16(10)24-17-15(20)11(2)25-26(17)14-9-4-3-8-13(14)19(21,22)23/h3-9,24H,1-2H3,(H,27,28). The molecule has 0 aliphatic carbocycles. The Kier molecular flexibility index (Phi) is 5.20. The van der Waals surface area contributed by atoms with E-state index in [1.165, 1.54) is 24.3 Å². The van der Waals surface area contributed by atoms with E-state index in [9.17, 15) is 23.1 Å². The minimum Gasteiger partial charge on any atom is -0.478 e. The molecule has 0 unspecified atom stereocenters. The number of nitrogens with zero attached hydrogens (tertiary/aromatic N) is 2. The van der Waals surface area contributed by atoms with E-state index in [1.807, 2.05) is 0 Å². The van der Waals surface area contributed by atoms with Crippen molar-refractivity contribution in [3.63, 3.8) is 0 Å². The molecule has 3 aromatic rings. The average Bonchev–Trinajstić information content (AvgIpc) is 2.90. The van der Waals surface area contributed by atoms with Crippen molar-refractivity contribution in [1.82, 2.24) is 9.78 Å². The molecule has 0 radical (unpaired) electrons. The van der Waals surface area contributed by atoms with Crippen LogP contribution in [0.4, 0.5) is 24.7 Å². The van der Waals surface area contributed by atoms with E-state index in [0.29, 0.717) is 15.7 Å². The van der Waals surface area contributed by atoms with Crippen LogP contribution in [0.1, 0.15) is 27.2 Å². The average molecular weight is 454 g/mol. The second-order valence-corrected chi connectivity index (χ2v) is 6.90. The molecule has 0 spiro atoms. The molecule has 0 saturated carbocycles. The minimum atomic E-state index is -4.57. The van der Waals surface area contributed by atoms with Crippen molar-refractivity contribution in [2.45, 2.75) is 20.0 Å². The van der Waals surface area contributed by atoms with Crippen LogP contribution >= 0.6 is 15.9 Å². The van der Waals surface area contributed by atoms with Gasteiger partial charge in [-0.3, -0.25) is 0 Å². The van der Waals surface area contributed by atoms with E-state index in [-0.39, 0.29) is 22.8 Å². The highest BCUT2D eigenvalue weighted by molar-refractivity contribution is 9.10. The fourth-order valence-corrected chi connectivity index (χ4v) is 3.17. The van der Waals surface area contributed by atoms with Gasteiger partial charge in [-0.15, -0.1) is 0 Å².